The van der Waals surface area contributed by atoms with Crippen LogP contribution in [0.2, 0.25) is 0 Å². The van der Waals surface area contributed by atoms with Gasteiger partial charge >= 0.3 is 0 Å². The van der Waals surface area contributed by atoms with E-state index in [1.165, 1.54) is 5.56 Å². The fourth-order valence-corrected chi connectivity index (χ4v) is 3.97. The fraction of sp³-hybridized carbons (Fsp3) is 0.350. The molecule has 0 radical (unpaired) electrons. The predicted molar refractivity (Wildman–Crippen MR) is 108 cm³/mol. The average molecular weight is 399 g/mol. The summed E-state index contributed by atoms with van der Waals surface area (Å²) in [5.41, 5.74) is 5.55. The first kappa shape index (κ1) is 16.6. The number of nitrogens with zero attached hydrogens (tertiary/aromatic N) is 3. The molecule has 25 heavy (non-hydrogen) atoms. The number of nitrogens with one attached hydrogen (secondary N) is 1. The van der Waals surface area contributed by atoms with Gasteiger partial charge in [-0.3, -0.25) is 0 Å². The molecule has 0 atom stereocenters. The monoisotopic (exact) mass is 398 g/mol. The largest absolute Gasteiger partial charge is 0.353 e. The third kappa shape index (κ3) is 3.18. The standard InChI is InChI=1S/C20H23BrN4/c1-3-24-9-11-25(12-10-24)20-15-5-4-6-16(21)19(15)22-17-8-7-14(2)13-18(17)23-20/h4-8,13,22H,3,9-12H2,1-2H3. The third-order valence-corrected chi connectivity index (χ3v) is 5.67. The molecule has 130 valence electrons. The van der Waals surface area contributed by atoms with Gasteiger partial charge in [0.25, 0.3) is 0 Å². The maximum Gasteiger partial charge on any atom is 0.138 e. The molecule has 0 spiro atoms. The van der Waals surface area contributed by atoms with E-state index in [9.17, 15) is 0 Å². The lowest BCUT2D eigenvalue weighted by Crippen LogP contribution is -2.48. The first-order valence-corrected chi connectivity index (χ1v) is 9.67. The van der Waals surface area contributed by atoms with Crippen molar-refractivity contribution in [1.29, 1.82) is 0 Å². The number of hydrogen-bond acceptors (Lipinski definition) is 4. The Labute approximate surface area is 157 Å². The summed E-state index contributed by atoms with van der Waals surface area (Å²) >= 11 is 3.71. The van der Waals surface area contributed by atoms with Crippen LogP contribution in [-0.2, 0) is 0 Å². The van der Waals surface area contributed by atoms with Crippen molar-refractivity contribution in [3.63, 3.8) is 0 Å². The van der Waals surface area contributed by atoms with Crippen molar-refractivity contribution in [2.24, 2.45) is 4.99 Å². The van der Waals surface area contributed by atoms with Gasteiger partial charge in [0.2, 0.25) is 0 Å². The van der Waals surface area contributed by atoms with Crippen molar-refractivity contribution < 1.29 is 0 Å². The molecule has 1 N–H and O–H groups in total. The molecule has 0 saturated carbocycles. The first-order valence-electron chi connectivity index (χ1n) is 8.88. The van der Waals surface area contributed by atoms with Crippen molar-refractivity contribution in [2.75, 3.05) is 38.0 Å². The normalized spacial score (nSPS) is 17.2. The van der Waals surface area contributed by atoms with Crippen LogP contribution in [0.3, 0.4) is 0 Å². The lowest BCUT2D eigenvalue weighted by atomic mass is 10.1. The number of anilines is 2. The third-order valence-electron chi connectivity index (χ3n) is 5.01. The first-order chi connectivity index (χ1) is 12.2. The molecule has 4 rings (SSSR count). The van der Waals surface area contributed by atoms with Crippen LogP contribution in [0.15, 0.2) is 45.9 Å². The minimum Gasteiger partial charge on any atom is -0.353 e. The Morgan fingerprint density at radius 2 is 1.92 bits per heavy atom. The van der Waals surface area contributed by atoms with Gasteiger partial charge in [-0.2, -0.15) is 0 Å². The number of para-hydroxylation sites is 1. The van der Waals surface area contributed by atoms with Gasteiger partial charge in [0.05, 0.1) is 17.1 Å². The molecule has 2 aliphatic rings. The zero-order chi connectivity index (χ0) is 17.4. The zero-order valence-electron chi connectivity index (χ0n) is 14.7. The van der Waals surface area contributed by atoms with Gasteiger partial charge in [0.15, 0.2) is 0 Å². The Bertz CT molecular complexity index is 822. The maximum atomic E-state index is 5.10. The Balaban J connectivity index is 1.81. The SMILES string of the molecule is CCN1CCN(C2=Nc3cc(C)ccc3Nc3c(Br)cccc32)CC1. The second-order valence-electron chi connectivity index (χ2n) is 6.66. The summed E-state index contributed by atoms with van der Waals surface area (Å²) in [6.45, 7) is 9.67. The lowest BCUT2D eigenvalue weighted by molar-refractivity contribution is 0.190. The molecule has 0 unspecified atom stereocenters. The van der Waals surface area contributed by atoms with Crippen LogP contribution < -0.4 is 5.32 Å². The van der Waals surface area contributed by atoms with E-state index in [0.29, 0.717) is 0 Å². The number of rotatable bonds is 1. The van der Waals surface area contributed by atoms with Crippen LogP contribution in [0.5, 0.6) is 0 Å². The summed E-state index contributed by atoms with van der Waals surface area (Å²) in [6.07, 6.45) is 0. The summed E-state index contributed by atoms with van der Waals surface area (Å²) in [5, 5.41) is 3.59. The summed E-state index contributed by atoms with van der Waals surface area (Å²) in [6, 6.07) is 12.7. The molecule has 2 aromatic carbocycles. The van der Waals surface area contributed by atoms with E-state index in [2.05, 4.69) is 81.3 Å². The Kier molecular flexibility index (Phi) is 4.52. The van der Waals surface area contributed by atoms with Crippen molar-refractivity contribution in [1.82, 2.24) is 9.80 Å². The number of aryl methyl sites for hydroxylation is 1. The number of amidine groups is 1. The Morgan fingerprint density at radius 3 is 2.68 bits per heavy atom. The molecular formula is C20H23BrN4. The van der Waals surface area contributed by atoms with Gasteiger partial charge in [0.1, 0.15) is 5.84 Å². The van der Waals surface area contributed by atoms with Crippen LogP contribution in [0, 0.1) is 6.92 Å². The van der Waals surface area contributed by atoms with Crippen LogP contribution in [0.25, 0.3) is 0 Å². The van der Waals surface area contributed by atoms with Crippen LogP contribution in [-0.4, -0.2) is 48.4 Å². The Morgan fingerprint density at radius 1 is 1.12 bits per heavy atom. The molecule has 2 heterocycles. The number of halogens is 1. The highest BCUT2D eigenvalue weighted by molar-refractivity contribution is 9.10. The van der Waals surface area contributed by atoms with Crippen molar-refractivity contribution in [3.05, 3.63) is 52.0 Å². The van der Waals surface area contributed by atoms with Gasteiger partial charge in [-0.15, -0.1) is 0 Å². The van der Waals surface area contributed by atoms with Gasteiger partial charge in [0, 0.05) is 36.2 Å². The summed E-state index contributed by atoms with van der Waals surface area (Å²) in [5.74, 6) is 1.07. The molecule has 1 fully saturated rings. The van der Waals surface area contributed by atoms with E-state index in [0.717, 1.165) is 65.7 Å². The van der Waals surface area contributed by atoms with E-state index >= 15 is 0 Å². The highest BCUT2D eigenvalue weighted by Crippen LogP contribution is 2.38. The van der Waals surface area contributed by atoms with Crippen molar-refractivity contribution in [2.45, 2.75) is 13.8 Å². The summed E-state index contributed by atoms with van der Waals surface area (Å²) < 4.78 is 1.07. The Hall–Kier alpha value is -1.85. The van der Waals surface area contributed by atoms with E-state index < -0.39 is 0 Å². The number of fused-ring (bicyclic) bond motifs is 2. The van der Waals surface area contributed by atoms with Crippen LogP contribution in [0.1, 0.15) is 18.1 Å². The number of benzene rings is 2. The molecule has 5 heteroatoms. The van der Waals surface area contributed by atoms with Crippen LogP contribution >= 0.6 is 15.9 Å². The molecule has 2 aromatic rings. The second kappa shape index (κ2) is 6.81. The second-order valence-corrected chi connectivity index (χ2v) is 7.52. The summed E-state index contributed by atoms with van der Waals surface area (Å²) in [7, 11) is 0. The lowest BCUT2D eigenvalue weighted by Gasteiger charge is -2.36. The minimum absolute atomic E-state index is 1.01. The topological polar surface area (TPSA) is 30.9 Å². The predicted octanol–water partition coefficient (Wildman–Crippen LogP) is 4.53. The molecular weight excluding hydrogens is 376 g/mol. The number of aliphatic imine (C=N–C) groups is 1. The van der Waals surface area contributed by atoms with Gasteiger partial charge in [-0.05, 0) is 59.2 Å². The van der Waals surface area contributed by atoms with Gasteiger partial charge in [-0.1, -0.05) is 19.1 Å². The van der Waals surface area contributed by atoms with Crippen molar-refractivity contribution >= 4 is 38.8 Å². The highest BCUT2D eigenvalue weighted by atomic mass is 79.9. The zero-order valence-corrected chi connectivity index (χ0v) is 16.3. The molecule has 4 nitrogen and oxygen atoms in total. The smallest absolute Gasteiger partial charge is 0.138 e. The van der Waals surface area contributed by atoms with Gasteiger partial charge < -0.3 is 15.1 Å². The quantitative estimate of drug-likeness (QED) is 0.765. The molecule has 0 aliphatic carbocycles. The highest BCUT2D eigenvalue weighted by Gasteiger charge is 2.25. The van der Waals surface area contributed by atoms with E-state index in [1.54, 1.807) is 0 Å². The van der Waals surface area contributed by atoms with E-state index in [4.69, 9.17) is 4.99 Å². The molecule has 0 aromatic heterocycles. The number of likely N-dealkylation sites (N-methyl/N-ethyl adjacent to an activating group) is 1. The molecule has 0 bridgehead atoms. The number of hydrogen-bond donors (Lipinski definition) is 1. The van der Waals surface area contributed by atoms with Crippen LogP contribution in [0.4, 0.5) is 17.1 Å². The minimum atomic E-state index is 1.01. The van der Waals surface area contributed by atoms with Crippen molar-refractivity contribution in [3.8, 4) is 0 Å². The fourth-order valence-electron chi connectivity index (χ4n) is 3.50. The molecule has 1 saturated heterocycles. The molecule has 0 amide bonds. The van der Waals surface area contributed by atoms with Gasteiger partial charge in [-0.25, -0.2) is 4.99 Å². The summed E-state index contributed by atoms with van der Waals surface area (Å²) in [4.78, 5) is 10.0. The van der Waals surface area contributed by atoms with E-state index in [-0.39, 0.29) is 0 Å². The average Bonchev–Trinajstić information content (AvgIpc) is 2.79. The maximum absolute atomic E-state index is 5.10. The molecule has 2 aliphatic heterocycles. The van der Waals surface area contributed by atoms with E-state index in [1.807, 2.05) is 0 Å². The number of piperazine rings is 1.